The van der Waals surface area contributed by atoms with Crippen LogP contribution in [0.25, 0.3) is 0 Å². The Morgan fingerprint density at radius 1 is 1.27 bits per heavy atom. The number of hydrogen-bond acceptors (Lipinski definition) is 3. The summed E-state index contributed by atoms with van der Waals surface area (Å²) in [7, 11) is 0. The van der Waals surface area contributed by atoms with Crippen LogP contribution in [0.2, 0.25) is 5.02 Å². The van der Waals surface area contributed by atoms with Gasteiger partial charge in [-0.25, -0.2) is 0 Å². The van der Waals surface area contributed by atoms with Crippen molar-refractivity contribution in [3.05, 3.63) is 46.5 Å². The van der Waals surface area contributed by atoms with E-state index < -0.39 is 6.04 Å². The Kier molecular flexibility index (Phi) is 9.70. The van der Waals surface area contributed by atoms with Gasteiger partial charge >= 0.3 is 0 Å². The second-order valence-corrected chi connectivity index (χ2v) is 6.81. The van der Waals surface area contributed by atoms with Crippen molar-refractivity contribution >= 4 is 35.8 Å². The van der Waals surface area contributed by atoms with Crippen molar-refractivity contribution in [2.45, 2.75) is 32.7 Å². The van der Waals surface area contributed by atoms with Crippen LogP contribution in [0.15, 0.2) is 35.9 Å². The van der Waals surface area contributed by atoms with Gasteiger partial charge in [0.15, 0.2) is 0 Å². The zero-order chi connectivity index (χ0) is 18.2. The van der Waals surface area contributed by atoms with Crippen molar-refractivity contribution in [1.29, 1.82) is 0 Å². The Labute approximate surface area is 166 Å². The third kappa shape index (κ3) is 6.63. The Bertz CT molecular complexity index is 632. The predicted octanol–water partition coefficient (Wildman–Crippen LogP) is 2.94. The first-order valence-electron chi connectivity index (χ1n) is 8.74. The fraction of sp³-hybridized carbons (Fsp3) is 0.474. The van der Waals surface area contributed by atoms with Gasteiger partial charge in [-0.2, -0.15) is 0 Å². The number of carbonyl (C=O) groups excluding carboxylic acids is 2. The highest BCUT2D eigenvalue weighted by Gasteiger charge is 2.26. The third-order valence-electron chi connectivity index (χ3n) is 4.54. The van der Waals surface area contributed by atoms with Gasteiger partial charge in [-0.1, -0.05) is 43.5 Å². The molecular formula is C19H27Cl2N3O2. The molecule has 1 aliphatic heterocycles. The maximum Gasteiger partial charge on any atom is 0.251 e. The molecule has 5 nitrogen and oxygen atoms in total. The molecule has 1 aromatic carbocycles. The third-order valence-corrected chi connectivity index (χ3v) is 4.79. The molecule has 26 heavy (non-hydrogen) atoms. The first-order chi connectivity index (χ1) is 12.0. The van der Waals surface area contributed by atoms with Crippen LogP contribution in [-0.2, 0) is 4.79 Å². The van der Waals surface area contributed by atoms with Crippen molar-refractivity contribution in [3.63, 3.8) is 0 Å². The largest absolute Gasteiger partial charge is 0.351 e. The lowest BCUT2D eigenvalue weighted by atomic mass is 9.97. The van der Waals surface area contributed by atoms with Crippen molar-refractivity contribution in [2.75, 3.05) is 19.6 Å². The molecule has 0 bridgehead atoms. The Morgan fingerprint density at radius 2 is 1.96 bits per heavy atom. The zero-order valence-electron chi connectivity index (χ0n) is 15.2. The molecule has 0 spiro atoms. The van der Waals surface area contributed by atoms with E-state index in [2.05, 4.69) is 22.0 Å². The molecule has 0 saturated carbocycles. The van der Waals surface area contributed by atoms with Crippen LogP contribution in [0.3, 0.4) is 0 Å². The summed E-state index contributed by atoms with van der Waals surface area (Å²) in [6, 6.07) is 6.08. The van der Waals surface area contributed by atoms with E-state index in [0.29, 0.717) is 17.1 Å². The summed E-state index contributed by atoms with van der Waals surface area (Å²) in [4.78, 5) is 25.1. The van der Waals surface area contributed by atoms with Gasteiger partial charge in [0, 0.05) is 23.7 Å². The lowest BCUT2D eigenvalue weighted by Gasteiger charge is -2.24. The highest BCUT2D eigenvalue weighted by atomic mass is 35.5. The van der Waals surface area contributed by atoms with Gasteiger partial charge in [0.1, 0.15) is 6.04 Å². The van der Waals surface area contributed by atoms with E-state index >= 15 is 0 Å². The van der Waals surface area contributed by atoms with Crippen molar-refractivity contribution < 1.29 is 9.59 Å². The molecule has 2 atom stereocenters. The average Bonchev–Trinajstić information content (AvgIpc) is 2.64. The molecule has 0 saturated heterocycles. The van der Waals surface area contributed by atoms with Gasteiger partial charge in [-0.05, 0) is 43.1 Å². The summed E-state index contributed by atoms with van der Waals surface area (Å²) < 4.78 is 0. The zero-order valence-corrected chi connectivity index (χ0v) is 16.8. The minimum Gasteiger partial charge on any atom is -0.351 e. The average molecular weight is 400 g/mol. The van der Waals surface area contributed by atoms with Crippen LogP contribution < -0.4 is 16.0 Å². The van der Waals surface area contributed by atoms with Crippen LogP contribution in [0, 0.1) is 5.92 Å². The van der Waals surface area contributed by atoms with Crippen molar-refractivity contribution in [3.8, 4) is 0 Å². The van der Waals surface area contributed by atoms with Gasteiger partial charge in [-0.3, -0.25) is 9.59 Å². The minimum atomic E-state index is -0.560. The van der Waals surface area contributed by atoms with E-state index in [1.54, 1.807) is 24.3 Å². The molecule has 0 aromatic heterocycles. The standard InChI is InChI=1S/C19H26ClN3O2.ClH/c1-3-13(2)17(19(25)22-12-14-8-10-21-11-9-14)23-18(24)15-4-6-16(20)7-5-15;/h4-8,13,17,21H,3,9-12H2,1-2H3,(H,22,25)(H,23,24);1H. The van der Waals surface area contributed by atoms with E-state index in [-0.39, 0.29) is 30.1 Å². The molecule has 1 aromatic rings. The van der Waals surface area contributed by atoms with Crippen molar-refractivity contribution in [2.24, 2.45) is 5.92 Å². The molecule has 0 fully saturated rings. The van der Waals surface area contributed by atoms with Crippen LogP contribution >= 0.6 is 24.0 Å². The molecule has 2 rings (SSSR count). The lowest BCUT2D eigenvalue weighted by Crippen LogP contribution is -2.50. The van der Waals surface area contributed by atoms with Crippen LogP contribution in [0.1, 0.15) is 37.0 Å². The summed E-state index contributed by atoms with van der Waals surface area (Å²) in [5.41, 5.74) is 1.71. The van der Waals surface area contributed by atoms with E-state index in [9.17, 15) is 9.59 Å². The summed E-state index contributed by atoms with van der Waals surface area (Å²) in [6.07, 6.45) is 3.84. The smallest absolute Gasteiger partial charge is 0.251 e. The molecule has 1 aliphatic rings. The summed E-state index contributed by atoms with van der Waals surface area (Å²) in [5.74, 6) is -0.368. The number of nitrogens with one attached hydrogen (secondary N) is 3. The molecule has 0 radical (unpaired) electrons. The fourth-order valence-electron chi connectivity index (χ4n) is 2.67. The Hall–Kier alpha value is -1.56. The molecule has 2 unspecified atom stereocenters. The van der Waals surface area contributed by atoms with Gasteiger partial charge in [-0.15, -0.1) is 12.4 Å². The number of amides is 2. The highest BCUT2D eigenvalue weighted by Crippen LogP contribution is 2.12. The van der Waals surface area contributed by atoms with Gasteiger partial charge < -0.3 is 16.0 Å². The molecular weight excluding hydrogens is 373 g/mol. The maximum atomic E-state index is 12.6. The SMILES string of the molecule is CCC(C)C(NC(=O)c1ccc(Cl)cc1)C(=O)NCC1=CCNCC1.Cl. The summed E-state index contributed by atoms with van der Waals surface area (Å²) in [5, 5.41) is 9.65. The lowest BCUT2D eigenvalue weighted by molar-refractivity contribution is -0.123. The van der Waals surface area contributed by atoms with E-state index in [1.165, 1.54) is 5.57 Å². The maximum absolute atomic E-state index is 12.6. The monoisotopic (exact) mass is 399 g/mol. The quantitative estimate of drug-likeness (QED) is 0.617. The number of rotatable bonds is 7. The number of benzene rings is 1. The van der Waals surface area contributed by atoms with Crippen LogP contribution in [-0.4, -0.2) is 37.5 Å². The number of carbonyl (C=O) groups is 2. The van der Waals surface area contributed by atoms with Crippen molar-refractivity contribution in [1.82, 2.24) is 16.0 Å². The van der Waals surface area contributed by atoms with Gasteiger partial charge in [0.25, 0.3) is 5.91 Å². The second-order valence-electron chi connectivity index (χ2n) is 6.38. The molecule has 144 valence electrons. The first-order valence-corrected chi connectivity index (χ1v) is 9.11. The summed E-state index contributed by atoms with van der Waals surface area (Å²) >= 11 is 5.85. The molecule has 7 heteroatoms. The van der Waals surface area contributed by atoms with E-state index in [4.69, 9.17) is 11.6 Å². The first kappa shape index (κ1) is 22.5. The predicted molar refractivity (Wildman–Crippen MR) is 108 cm³/mol. The Morgan fingerprint density at radius 3 is 2.54 bits per heavy atom. The van der Waals surface area contributed by atoms with Gasteiger partial charge in [0.05, 0.1) is 0 Å². The molecule has 2 amide bonds. The van der Waals surface area contributed by atoms with Crippen LogP contribution in [0.5, 0.6) is 0 Å². The minimum absolute atomic E-state index is 0. The number of hydrogen-bond donors (Lipinski definition) is 3. The fourth-order valence-corrected chi connectivity index (χ4v) is 2.79. The van der Waals surface area contributed by atoms with E-state index in [0.717, 1.165) is 25.9 Å². The molecule has 3 N–H and O–H groups in total. The second kappa shape index (κ2) is 11.2. The Balaban J connectivity index is 0.00000338. The highest BCUT2D eigenvalue weighted by molar-refractivity contribution is 6.30. The molecule has 0 aliphatic carbocycles. The summed E-state index contributed by atoms with van der Waals surface area (Å²) in [6.45, 7) is 6.28. The normalized spacial score (nSPS) is 15.9. The van der Waals surface area contributed by atoms with Gasteiger partial charge in [0.2, 0.25) is 5.91 Å². The number of halogens is 2. The topological polar surface area (TPSA) is 70.2 Å². The molecule has 1 heterocycles. The van der Waals surface area contributed by atoms with Crippen LogP contribution in [0.4, 0.5) is 0 Å². The van der Waals surface area contributed by atoms with E-state index in [1.807, 2.05) is 13.8 Å².